The van der Waals surface area contributed by atoms with E-state index in [1.165, 1.54) is 4.90 Å². The minimum Gasteiger partial charge on any atom is -0.493 e. The number of nitrogen functional groups attached to an aromatic ring is 1. The molecule has 0 saturated heterocycles. The molecule has 104 valence electrons. The minimum absolute atomic E-state index is 0.325. The molecule has 0 unspecified atom stereocenters. The number of nitrogens with one attached hydrogen (secondary N) is 1. The summed E-state index contributed by atoms with van der Waals surface area (Å²) in [6.45, 7) is 0.577. The third kappa shape index (κ3) is 4.29. The van der Waals surface area contributed by atoms with E-state index in [0.29, 0.717) is 17.9 Å². The first kappa shape index (κ1) is 14.4. The second kappa shape index (κ2) is 7.57. The Labute approximate surface area is 122 Å². The van der Waals surface area contributed by atoms with Crippen molar-refractivity contribution >= 4 is 17.7 Å². The lowest BCUT2D eigenvalue weighted by molar-refractivity contribution is 0.0953. The fourth-order valence-corrected chi connectivity index (χ4v) is 2.40. The van der Waals surface area contributed by atoms with Crippen molar-refractivity contribution in [3.05, 3.63) is 60.2 Å². The van der Waals surface area contributed by atoms with E-state index < -0.39 is 0 Å². The molecule has 2 aromatic rings. The van der Waals surface area contributed by atoms with Gasteiger partial charge in [0.2, 0.25) is 0 Å². The fourth-order valence-electron chi connectivity index (χ4n) is 1.65. The summed E-state index contributed by atoms with van der Waals surface area (Å²) in [5.41, 5.74) is 2.59. The zero-order valence-corrected chi connectivity index (χ0v) is 11.7. The van der Waals surface area contributed by atoms with E-state index in [4.69, 9.17) is 10.6 Å². The SMILES string of the molecule is NNC(=O)c1cccc(OCCSc2ccccc2)c1. The molecule has 3 N–H and O–H groups in total. The van der Waals surface area contributed by atoms with Crippen LogP contribution in [0, 0.1) is 0 Å². The van der Waals surface area contributed by atoms with Gasteiger partial charge in [0.15, 0.2) is 0 Å². The molecule has 0 spiro atoms. The molecular weight excluding hydrogens is 272 g/mol. The maximum Gasteiger partial charge on any atom is 0.265 e. The van der Waals surface area contributed by atoms with Gasteiger partial charge in [0.25, 0.3) is 5.91 Å². The highest BCUT2D eigenvalue weighted by Crippen LogP contribution is 2.18. The standard InChI is InChI=1S/C15H16N2O2S/c16-17-15(18)12-5-4-6-13(11-12)19-9-10-20-14-7-2-1-3-8-14/h1-8,11H,9-10,16H2,(H,17,18). The van der Waals surface area contributed by atoms with Crippen molar-refractivity contribution in [3.8, 4) is 5.75 Å². The van der Waals surface area contributed by atoms with E-state index in [-0.39, 0.29) is 5.91 Å². The zero-order chi connectivity index (χ0) is 14.2. The highest BCUT2D eigenvalue weighted by Gasteiger charge is 2.04. The van der Waals surface area contributed by atoms with Crippen LogP contribution in [0.3, 0.4) is 0 Å². The summed E-state index contributed by atoms with van der Waals surface area (Å²) in [6.07, 6.45) is 0. The molecule has 5 heteroatoms. The topological polar surface area (TPSA) is 64.3 Å². The molecule has 2 rings (SSSR count). The number of hydrogen-bond acceptors (Lipinski definition) is 4. The first-order valence-electron chi connectivity index (χ1n) is 6.21. The smallest absolute Gasteiger partial charge is 0.265 e. The number of hydrazine groups is 1. The molecule has 0 atom stereocenters. The van der Waals surface area contributed by atoms with Gasteiger partial charge in [0.05, 0.1) is 6.61 Å². The van der Waals surface area contributed by atoms with Crippen LogP contribution in [0.1, 0.15) is 10.4 Å². The lowest BCUT2D eigenvalue weighted by atomic mass is 10.2. The van der Waals surface area contributed by atoms with E-state index in [1.807, 2.05) is 24.3 Å². The van der Waals surface area contributed by atoms with Crippen molar-refractivity contribution in [1.29, 1.82) is 0 Å². The lowest BCUT2D eigenvalue weighted by Gasteiger charge is -2.07. The highest BCUT2D eigenvalue weighted by atomic mass is 32.2. The van der Waals surface area contributed by atoms with Crippen molar-refractivity contribution in [1.82, 2.24) is 5.43 Å². The van der Waals surface area contributed by atoms with Crippen molar-refractivity contribution in [2.45, 2.75) is 4.90 Å². The summed E-state index contributed by atoms with van der Waals surface area (Å²) >= 11 is 1.73. The molecule has 1 amide bonds. The zero-order valence-electron chi connectivity index (χ0n) is 10.9. The Morgan fingerprint density at radius 1 is 1.15 bits per heavy atom. The summed E-state index contributed by atoms with van der Waals surface area (Å²) in [7, 11) is 0. The normalized spacial score (nSPS) is 10.1. The van der Waals surface area contributed by atoms with Crippen molar-refractivity contribution < 1.29 is 9.53 Å². The highest BCUT2D eigenvalue weighted by molar-refractivity contribution is 7.99. The third-order valence-electron chi connectivity index (χ3n) is 2.59. The van der Waals surface area contributed by atoms with Gasteiger partial charge in [-0.3, -0.25) is 10.2 Å². The van der Waals surface area contributed by atoms with Crippen LogP contribution in [0.15, 0.2) is 59.5 Å². The second-order valence-electron chi connectivity index (χ2n) is 4.01. The van der Waals surface area contributed by atoms with Gasteiger partial charge in [-0.15, -0.1) is 11.8 Å². The Morgan fingerprint density at radius 2 is 1.95 bits per heavy atom. The monoisotopic (exact) mass is 288 g/mol. The van der Waals surface area contributed by atoms with Gasteiger partial charge < -0.3 is 4.74 Å². The third-order valence-corrected chi connectivity index (χ3v) is 3.57. The summed E-state index contributed by atoms with van der Waals surface area (Å²) in [5, 5.41) is 0. The van der Waals surface area contributed by atoms with Gasteiger partial charge in [0, 0.05) is 16.2 Å². The van der Waals surface area contributed by atoms with E-state index >= 15 is 0 Å². The number of rotatable bonds is 6. The molecule has 0 saturated carbocycles. The number of amides is 1. The number of thioether (sulfide) groups is 1. The Bertz CT molecular complexity index is 561. The molecule has 0 fully saturated rings. The number of carbonyl (C=O) groups is 1. The van der Waals surface area contributed by atoms with Crippen LogP contribution in [0.2, 0.25) is 0 Å². The number of nitrogens with two attached hydrogens (primary N) is 1. The maximum absolute atomic E-state index is 11.4. The first-order chi connectivity index (χ1) is 9.79. The molecule has 0 bridgehead atoms. The molecule has 0 heterocycles. The summed E-state index contributed by atoms with van der Waals surface area (Å²) < 4.78 is 5.62. The fraction of sp³-hybridized carbons (Fsp3) is 0.133. The van der Waals surface area contributed by atoms with E-state index in [1.54, 1.807) is 30.0 Å². The molecular formula is C15H16N2O2S. The number of benzene rings is 2. The summed E-state index contributed by atoms with van der Waals surface area (Å²) in [4.78, 5) is 12.6. The van der Waals surface area contributed by atoms with Crippen LogP contribution in [0.5, 0.6) is 5.75 Å². The van der Waals surface area contributed by atoms with E-state index in [9.17, 15) is 4.79 Å². The largest absolute Gasteiger partial charge is 0.493 e. The second-order valence-corrected chi connectivity index (χ2v) is 5.18. The molecule has 0 aliphatic carbocycles. The molecule has 0 radical (unpaired) electrons. The molecule has 4 nitrogen and oxygen atoms in total. The van der Waals surface area contributed by atoms with E-state index in [2.05, 4.69) is 17.6 Å². The number of carbonyl (C=O) groups excluding carboxylic acids is 1. The Morgan fingerprint density at radius 3 is 2.70 bits per heavy atom. The van der Waals surface area contributed by atoms with Gasteiger partial charge >= 0.3 is 0 Å². The molecule has 2 aromatic carbocycles. The van der Waals surface area contributed by atoms with Crippen molar-refractivity contribution in [3.63, 3.8) is 0 Å². The Hall–Kier alpha value is -1.98. The average molecular weight is 288 g/mol. The minimum atomic E-state index is -0.325. The quantitative estimate of drug-likeness (QED) is 0.282. The van der Waals surface area contributed by atoms with E-state index in [0.717, 1.165) is 5.75 Å². The van der Waals surface area contributed by atoms with Crippen LogP contribution < -0.4 is 16.0 Å². The van der Waals surface area contributed by atoms with Gasteiger partial charge in [-0.1, -0.05) is 24.3 Å². The predicted octanol–water partition coefficient (Wildman–Crippen LogP) is 2.46. The molecule has 0 aliphatic rings. The van der Waals surface area contributed by atoms with Gasteiger partial charge in [-0.2, -0.15) is 0 Å². The average Bonchev–Trinajstić information content (AvgIpc) is 2.52. The van der Waals surface area contributed by atoms with Crippen LogP contribution in [-0.4, -0.2) is 18.3 Å². The molecule has 20 heavy (non-hydrogen) atoms. The van der Waals surface area contributed by atoms with Crippen LogP contribution in [-0.2, 0) is 0 Å². The summed E-state index contributed by atoms with van der Waals surface area (Å²) in [6, 6.07) is 17.1. The molecule has 0 aromatic heterocycles. The van der Waals surface area contributed by atoms with Crippen LogP contribution in [0.4, 0.5) is 0 Å². The van der Waals surface area contributed by atoms with Crippen LogP contribution in [0.25, 0.3) is 0 Å². The maximum atomic E-state index is 11.4. The first-order valence-corrected chi connectivity index (χ1v) is 7.20. The lowest BCUT2D eigenvalue weighted by Crippen LogP contribution is -2.29. The Kier molecular flexibility index (Phi) is 5.46. The number of hydrogen-bond donors (Lipinski definition) is 2. The van der Waals surface area contributed by atoms with Gasteiger partial charge in [0.1, 0.15) is 5.75 Å². The van der Waals surface area contributed by atoms with Crippen molar-refractivity contribution in [2.75, 3.05) is 12.4 Å². The summed E-state index contributed by atoms with van der Waals surface area (Å²) in [5.74, 6) is 6.28. The van der Waals surface area contributed by atoms with Gasteiger partial charge in [-0.05, 0) is 30.3 Å². The van der Waals surface area contributed by atoms with Gasteiger partial charge in [-0.25, -0.2) is 5.84 Å². The van der Waals surface area contributed by atoms with Crippen molar-refractivity contribution in [2.24, 2.45) is 5.84 Å². The predicted molar refractivity (Wildman–Crippen MR) is 80.8 cm³/mol. The Balaban J connectivity index is 1.81. The van der Waals surface area contributed by atoms with Crippen LogP contribution >= 0.6 is 11.8 Å². The number of ether oxygens (including phenoxy) is 1. The molecule has 0 aliphatic heterocycles.